The van der Waals surface area contributed by atoms with Crippen LogP contribution >= 0.6 is 0 Å². The minimum Gasteiger partial charge on any atom is -0.367 e. The molecule has 1 heterocycles. The molecule has 0 radical (unpaired) electrons. The van der Waals surface area contributed by atoms with Gasteiger partial charge in [0.15, 0.2) is 0 Å². The van der Waals surface area contributed by atoms with E-state index in [4.69, 9.17) is 10.5 Å². The molecule has 0 aromatic heterocycles. The average Bonchev–Trinajstić information content (AvgIpc) is 2.84. The highest BCUT2D eigenvalue weighted by Crippen LogP contribution is 2.12. The lowest BCUT2D eigenvalue weighted by Crippen LogP contribution is -2.35. The summed E-state index contributed by atoms with van der Waals surface area (Å²) in [5.74, 6) is -0.157. The molecule has 6 nitrogen and oxygen atoms in total. The van der Waals surface area contributed by atoms with Gasteiger partial charge >= 0.3 is 0 Å². The van der Waals surface area contributed by atoms with Crippen LogP contribution in [0.4, 0.5) is 0 Å². The Balaban J connectivity index is 1.80. The van der Waals surface area contributed by atoms with Crippen molar-refractivity contribution in [1.29, 1.82) is 0 Å². The molecule has 0 bridgehead atoms. The lowest BCUT2D eigenvalue weighted by molar-refractivity contribution is -0.132. The van der Waals surface area contributed by atoms with E-state index in [-0.39, 0.29) is 12.0 Å². The molecular formula is C22H35N3O3. The fourth-order valence-electron chi connectivity index (χ4n) is 3.54. The molecule has 1 aliphatic heterocycles. The van der Waals surface area contributed by atoms with E-state index < -0.39 is 12.0 Å². The Hall–Kier alpha value is -1.92. The van der Waals surface area contributed by atoms with E-state index >= 15 is 0 Å². The Labute approximate surface area is 169 Å². The van der Waals surface area contributed by atoms with E-state index in [9.17, 15) is 9.59 Å². The molecule has 28 heavy (non-hydrogen) atoms. The summed E-state index contributed by atoms with van der Waals surface area (Å²) in [6, 6.07) is 8.24. The number of likely N-dealkylation sites (N-methyl/N-ethyl adjacent to an activating group) is 1. The topological polar surface area (TPSA) is 75.9 Å². The van der Waals surface area contributed by atoms with Crippen molar-refractivity contribution in [2.45, 2.75) is 58.7 Å². The number of nitrogens with two attached hydrogens (primary N) is 1. The Morgan fingerprint density at radius 1 is 1.14 bits per heavy atom. The van der Waals surface area contributed by atoms with Crippen molar-refractivity contribution in [3.63, 3.8) is 0 Å². The first-order chi connectivity index (χ1) is 13.4. The Kier molecular flexibility index (Phi) is 8.93. The molecule has 1 aliphatic rings. The van der Waals surface area contributed by atoms with Gasteiger partial charge in [0, 0.05) is 39.0 Å². The lowest BCUT2D eigenvalue weighted by atomic mass is 10.0. The predicted octanol–water partition coefficient (Wildman–Crippen LogP) is 1.99. The number of rotatable bonds is 10. The highest BCUT2D eigenvalue weighted by molar-refractivity contribution is 5.79. The minimum absolute atomic E-state index is 0.0390. The summed E-state index contributed by atoms with van der Waals surface area (Å²) in [4.78, 5) is 28.1. The molecule has 2 N–H and O–H groups in total. The first-order valence-electron chi connectivity index (χ1n) is 10.4. The van der Waals surface area contributed by atoms with Gasteiger partial charge in [-0.2, -0.15) is 0 Å². The highest BCUT2D eigenvalue weighted by Gasteiger charge is 2.20. The number of amides is 2. The number of primary amides is 1. The lowest BCUT2D eigenvalue weighted by Gasteiger charge is -2.21. The largest absolute Gasteiger partial charge is 0.367 e. The molecule has 2 amide bonds. The van der Waals surface area contributed by atoms with E-state index in [1.807, 2.05) is 30.9 Å². The molecule has 1 aromatic rings. The monoisotopic (exact) mass is 389 g/mol. The summed E-state index contributed by atoms with van der Waals surface area (Å²) in [6.45, 7) is 10.4. The maximum Gasteiger partial charge on any atom is 0.246 e. The molecule has 2 rings (SSSR count). The van der Waals surface area contributed by atoms with Gasteiger partial charge < -0.3 is 20.3 Å². The van der Waals surface area contributed by atoms with Crippen LogP contribution in [0.2, 0.25) is 0 Å². The second-order valence-corrected chi connectivity index (χ2v) is 7.77. The van der Waals surface area contributed by atoms with Gasteiger partial charge in [-0.3, -0.25) is 9.59 Å². The molecular weight excluding hydrogens is 354 g/mol. The fourth-order valence-corrected chi connectivity index (χ4v) is 3.54. The molecule has 1 fully saturated rings. The third kappa shape index (κ3) is 7.24. The number of ether oxygens (including phenoxy) is 1. The second kappa shape index (κ2) is 11.2. The maximum atomic E-state index is 12.2. The zero-order chi connectivity index (χ0) is 20.5. The smallest absolute Gasteiger partial charge is 0.246 e. The van der Waals surface area contributed by atoms with Crippen LogP contribution in [0, 0.1) is 0 Å². The Bertz CT molecular complexity index is 630. The molecule has 0 spiro atoms. The first-order valence-corrected chi connectivity index (χ1v) is 10.4. The van der Waals surface area contributed by atoms with Gasteiger partial charge in [0.2, 0.25) is 11.8 Å². The van der Waals surface area contributed by atoms with Crippen molar-refractivity contribution in [2.24, 2.45) is 5.73 Å². The van der Waals surface area contributed by atoms with Crippen LogP contribution in [-0.4, -0.2) is 66.5 Å². The van der Waals surface area contributed by atoms with Crippen LogP contribution in [0.3, 0.4) is 0 Å². The molecule has 0 aliphatic carbocycles. The van der Waals surface area contributed by atoms with Crippen LogP contribution < -0.4 is 5.73 Å². The number of carbonyl (C=O) groups excluding carboxylic acids is 2. The summed E-state index contributed by atoms with van der Waals surface area (Å²) in [5.41, 5.74) is 7.72. The Morgan fingerprint density at radius 2 is 1.82 bits per heavy atom. The van der Waals surface area contributed by atoms with Gasteiger partial charge in [-0.15, -0.1) is 0 Å². The molecule has 0 saturated carbocycles. The van der Waals surface area contributed by atoms with Gasteiger partial charge in [0.25, 0.3) is 0 Å². The molecule has 1 saturated heterocycles. The van der Waals surface area contributed by atoms with E-state index in [1.54, 1.807) is 0 Å². The van der Waals surface area contributed by atoms with Crippen LogP contribution in [0.1, 0.15) is 44.7 Å². The predicted molar refractivity (Wildman–Crippen MR) is 111 cm³/mol. The quantitative estimate of drug-likeness (QED) is 0.664. The van der Waals surface area contributed by atoms with Crippen LogP contribution in [0.5, 0.6) is 0 Å². The number of hydrogen-bond acceptors (Lipinski definition) is 4. The van der Waals surface area contributed by atoms with E-state index in [0.29, 0.717) is 12.8 Å². The molecule has 1 unspecified atom stereocenters. The zero-order valence-corrected chi connectivity index (χ0v) is 17.5. The van der Waals surface area contributed by atoms with E-state index in [1.165, 1.54) is 5.56 Å². The number of benzene rings is 1. The van der Waals surface area contributed by atoms with Gasteiger partial charge in [0.05, 0.1) is 6.10 Å². The van der Waals surface area contributed by atoms with Crippen LogP contribution in [-0.2, 0) is 27.2 Å². The summed E-state index contributed by atoms with van der Waals surface area (Å²) < 4.78 is 5.60. The van der Waals surface area contributed by atoms with Gasteiger partial charge in [-0.05, 0) is 44.4 Å². The minimum atomic E-state index is -0.595. The van der Waals surface area contributed by atoms with Gasteiger partial charge in [-0.25, -0.2) is 0 Å². The number of carbonyl (C=O) groups is 2. The fraction of sp³-hybridized carbons (Fsp3) is 0.636. The summed E-state index contributed by atoms with van der Waals surface area (Å²) in [6.07, 6.45) is 2.37. The summed E-state index contributed by atoms with van der Waals surface area (Å²) >= 11 is 0. The van der Waals surface area contributed by atoms with Crippen molar-refractivity contribution in [1.82, 2.24) is 9.80 Å². The standard InChI is InChI=1S/C22H35N3O3/c1-4-24-13-11-21(26)25(15-14-24)12-5-6-18-7-9-19(10-8-18)16-20(22(23)27)28-17(2)3/h7-10,17,20H,4-6,11-16H2,1-3H3,(H2,23,27). The summed E-state index contributed by atoms with van der Waals surface area (Å²) in [5, 5.41) is 0. The SMILES string of the molecule is CCN1CCC(=O)N(CCCc2ccc(CC(OC(C)C)C(N)=O)cc2)CC1. The third-order valence-corrected chi connectivity index (χ3v) is 5.22. The molecule has 1 aromatic carbocycles. The van der Waals surface area contributed by atoms with Crippen molar-refractivity contribution >= 4 is 11.8 Å². The number of aryl methyl sites for hydroxylation is 1. The third-order valence-electron chi connectivity index (χ3n) is 5.22. The van der Waals surface area contributed by atoms with Crippen molar-refractivity contribution in [3.05, 3.63) is 35.4 Å². The average molecular weight is 390 g/mol. The van der Waals surface area contributed by atoms with Gasteiger partial charge in [0.1, 0.15) is 6.10 Å². The van der Waals surface area contributed by atoms with Crippen LogP contribution in [0.15, 0.2) is 24.3 Å². The Morgan fingerprint density at radius 3 is 2.43 bits per heavy atom. The first kappa shape index (κ1) is 22.4. The molecule has 6 heteroatoms. The van der Waals surface area contributed by atoms with E-state index in [2.05, 4.69) is 24.0 Å². The zero-order valence-electron chi connectivity index (χ0n) is 17.5. The van der Waals surface area contributed by atoms with Crippen molar-refractivity contribution in [2.75, 3.05) is 32.7 Å². The number of hydrogen-bond donors (Lipinski definition) is 1. The molecule has 156 valence electrons. The van der Waals surface area contributed by atoms with Crippen molar-refractivity contribution in [3.8, 4) is 0 Å². The number of nitrogens with zero attached hydrogens (tertiary/aromatic N) is 2. The second-order valence-electron chi connectivity index (χ2n) is 7.77. The van der Waals surface area contributed by atoms with Crippen LogP contribution in [0.25, 0.3) is 0 Å². The highest BCUT2D eigenvalue weighted by atomic mass is 16.5. The summed E-state index contributed by atoms with van der Waals surface area (Å²) in [7, 11) is 0. The van der Waals surface area contributed by atoms with Crippen molar-refractivity contribution < 1.29 is 14.3 Å². The normalized spacial score (nSPS) is 17.0. The maximum absolute atomic E-state index is 12.2. The molecule has 1 atom stereocenters. The van der Waals surface area contributed by atoms with Gasteiger partial charge in [-0.1, -0.05) is 31.2 Å². The van der Waals surface area contributed by atoms with E-state index in [0.717, 1.165) is 51.1 Å².